The van der Waals surface area contributed by atoms with Gasteiger partial charge in [-0.2, -0.15) is 0 Å². The first-order valence-corrected chi connectivity index (χ1v) is 8.39. The number of hydrogen-bond donors (Lipinski definition) is 2. The van der Waals surface area contributed by atoms with Crippen molar-refractivity contribution in [1.29, 1.82) is 0 Å². The van der Waals surface area contributed by atoms with E-state index >= 15 is 0 Å². The molecule has 1 amide bonds. The molecule has 0 aromatic heterocycles. The Bertz CT molecular complexity index is 519. The van der Waals surface area contributed by atoms with Crippen molar-refractivity contribution in [2.75, 3.05) is 19.6 Å². The van der Waals surface area contributed by atoms with E-state index in [0.29, 0.717) is 6.54 Å². The van der Waals surface area contributed by atoms with Gasteiger partial charge in [0.05, 0.1) is 0 Å². The van der Waals surface area contributed by atoms with Gasteiger partial charge < -0.3 is 10.6 Å². The van der Waals surface area contributed by atoms with E-state index in [-0.39, 0.29) is 24.2 Å². The van der Waals surface area contributed by atoms with Gasteiger partial charge in [0.25, 0.3) is 0 Å². The largest absolute Gasteiger partial charge is 0.352 e. The summed E-state index contributed by atoms with van der Waals surface area (Å²) in [5.74, 6) is 0.207. The SMILES string of the molecule is CCC(Cc1cccc(Br)c1)C(=O)NCC1=CCNCC1.Cl. The minimum Gasteiger partial charge on any atom is -0.352 e. The van der Waals surface area contributed by atoms with Gasteiger partial charge in [-0.15, -0.1) is 12.4 Å². The molecule has 22 heavy (non-hydrogen) atoms. The summed E-state index contributed by atoms with van der Waals surface area (Å²) in [5.41, 5.74) is 2.53. The lowest BCUT2D eigenvalue weighted by atomic mass is 9.96. The molecule has 2 N–H and O–H groups in total. The summed E-state index contributed by atoms with van der Waals surface area (Å²) in [6, 6.07) is 8.19. The molecule has 1 heterocycles. The molecule has 0 saturated carbocycles. The summed E-state index contributed by atoms with van der Waals surface area (Å²) < 4.78 is 1.06. The molecule has 1 atom stereocenters. The molecule has 1 unspecified atom stereocenters. The normalized spacial score (nSPS) is 15.5. The number of carbonyl (C=O) groups excluding carboxylic acids is 1. The summed E-state index contributed by atoms with van der Waals surface area (Å²) in [5, 5.41) is 6.37. The lowest BCUT2D eigenvalue weighted by molar-refractivity contribution is -0.124. The molecular formula is C17H24BrClN2O. The fourth-order valence-corrected chi connectivity index (χ4v) is 2.99. The van der Waals surface area contributed by atoms with Crippen molar-refractivity contribution in [3.8, 4) is 0 Å². The van der Waals surface area contributed by atoms with Gasteiger partial charge in [-0.1, -0.05) is 46.6 Å². The zero-order valence-electron chi connectivity index (χ0n) is 12.9. The smallest absolute Gasteiger partial charge is 0.223 e. The molecule has 1 aromatic rings. The minimum absolute atomic E-state index is 0. The molecule has 3 nitrogen and oxygen atoms in total. The number of hydrogen-bond acceptors (Lipinski definition) is 2. The number of amides is 1. The van der Waals surface area contributed by atoms with Crippen LogP contribution in [-0.4, -0.2) is 25.5 Å². The monoisotopic (exact) mass is 386 g/mol. The fourth-order valence-electron chi connectivity index (χ4n) is 2.55. The second kappa shape index (κ2) is 10.0. The number of nitrogens with one attached hydrogen (secondary N) is 2. The van der Waals surface area contributed by atoms with E-state index in [4.69, 9.17) is 0 Å². The first-order valence-electron chi connectivity index (χ1n) is 7.59. The molecule has 1 aliphatic heterocycles. The summed E-state index contributed by atoms with van der Waals surface area (Å²) in [4.78, 5) is 12.3. The van der Waals surface area contributed by atoms with Gasteiger partial charge in [-0.3, -0.25) is 4.79 Å². The highest BCUT2D eigenvalue weighted by Gasteiger charge is 2.17. The second-order valence-corrected chi connectivity index (χ2v) is 6.39. The first-order chi connectivity index (χ1) is 10.2. The Morgan fingerprint density at radius 3 is 2.91 bits per heavy atom. The Morgan fingerprint density at radius 2 is 2.27 bits per heavy atom. The van der Waals surface area contributed by atoms with Crippen LogP contribution in [0.5, 0.6) is 0 Å². The summed E-state index contributed by atoms with van der Waals surface area (Å²) in [6.07, 6.45) is 4.86. The van der Waals surface area contributed by atoms with Gasteiger partial charge >= 0.3 is 0 Å². The highest BCUT2D eigenvalue weighted by Crippen LogP contribution is 2.17. The Labute approximate surface area is 147 Å². The predicted molar refractivity (Wildman–Crippen MR) is 97.5 cm³/mol. The second-order valence-electron chi connectivity index (χ2n) is 5.47. The third-order valence-corrected chi connectivity index (χ3v) is 4.38. The van der Waals surface area contributed by atoms with Gasteiger partial charge in [0, 0.05) is 23.5 Å². The Kier molecular flexibility index (Phi) is 8.76. The average molecular weight is 388 g/mol. The zero-order valence-corrected chi connectivity index (χ0v) is 15.3. The first kappa shape index (κ1) is 19.2. The average Bonchev–Trinajstić information content (AvgIpc) is 2.51. The van der Waals surface area contributed by atoms with Crippen LogP contribution in [0.1, 0.15) is 25.3 Å². The summed E-state index contributed by atoms with van der Waals surface area (Å²) >= 11 is 3.48. The van der Waals surface area contributed by atoms with E-state index in [1.165, 1.54) is 11.1 Å². The van der Waals surface area contributed by atoms with Gasteiger partial charge in [-0.25, -0.2) is 0 Å². The van der Waals surface area contributed by atoms with Crippen molar-refractivity contribution in [3.63, 3.8) is 0 Å². The van der Waals surface area contributed by atoms with E-state index in [9.17, 15) is 4.79 Å². The van der Waals surface area contributed by atoms with Crippen molar-refractivity contribution in [3.05, 3.63) is 46.0 Å². The molecule has 0 bridgehead atoms. The molecule has 1 aliphatic rings. The number of benzene rings is 1. The van der Waals surface area contributed by atoms with E-state index in [0.717, 1.165) is 36.8 Å². The van der Waals surface area contributed by atoms with Crippen LogP contribution < -0.4 is 10.6 Å². The highest BCUT2D eigenvalue weighted by molar-refractivity contribution is 9.10. The van der Waals surface area contributed by atoms with Crippen LogP contribution >= 0.6 is 28.3 Å². The fraction of sp³-hybridized carbons (Fsp3) is 0.471. The Hall–Kier alpha value is -0.840. The van der Waals surface area contributed by atoms with Crippen molar-refractivity contribution >= 4 is 34.2 Å². The van der Waals surface area contributed by atoms with Crippen LogP contribution in [0.15, 0.2) is 40.4 Å². The molecule has 0 spiro atoms. The quantitative estimate of drug-likeness (QED) is 0.734. The van der Waals surface area contributed by atoms with Crippen LogP contribution in [0.2, 0.25) is 0 Å². The maximum absolute atomic E-state index is 12.3. The Morgan fingerprint density at radius 1 is 1.45 bits per heavy atom. The number of rotatable bonds is 6. The van der Waals surface area contributed by atoms with Crippen LogP contribution in [0.25, 0.3) is 0 Å². The third kappa shape index (κ3) is 6.11. The predicted octanol–water partition coefficient (Wildman–Crippen LogP) is 3.48. The van der Waals surface area contributed by atoms with Crippen molar-refractivity contribution in [2.45, 2.75) is 26.2 Å². The summed E-state index contributed by atoms with van der Waals surface area (Å²) in [7, 11) is 0. The molecule has 0 fully saturated rings. The van der Waals surface area contributed by atoms with E-state index in [2.05, 4.69) is 51.7 Å². The Balaban J connectivity index is 0.00000242. The third-order valence-electron chi connectivity index (χ3n) is 3.88. The molecule has 0 saturated heterocycles. The molecule has 2 rings (SSSR count). The van der Waals surface area contributed by atoms with Gasteiger partial charge in [0.1, 0.15) is 0 Å². The van der Waals surface area contributed by atoms with E-state index in [1.807, 2.05) is 12.1 Å². The van der Waals surface area contributed by atoms with Crippen LogP contribution in [0.3, 0.4) is 0 Å². The topological polar surface area (TPSA) is 41.1 Å². The lowest BCUT2D eigenvalue weighted by Crippen LogP contribution is -2.34. The molecule has 0 aliphatic carbocycles. The zero-order chi connectivity index (χ0) is 15.1. The molecule has 122 valence electrons. The van der Waals surface area contributed by atoms with Gasteiger partial charge in [0.2, 0.25) is 5.91 Å². The van der Waals surface area contributed by atoms with Crippen molar-refractivity contribution < 1.29 is 4.79 Å². The molecule has 1 aromatic carbocycles. The molecule has 5 heteroatoms. The van der Waals surface area contributed by atoms with Gasteiger partial charge in [0.15, 0.2) is 0 Å². The summed E-state index contributed by atoms with van der Waals surface area (Å²) in [6.45, 7) is 4.69. The van der Waals surface area contributed by atoms with Crippen molar-refractivity contribution in [2.24, 2.45) is 5.92 Å². The van der Waals surface area contributed by atoms with E-state index in [1.54, 1.807) is 0 Å². The van der Waals surface area contributed by atoms with Crippen LogP contribution in [0, 0.1) is 5.92 Å². The molecular weight excluding hydrogens is 364 g/mol. The number of halogens is 2. The van der Waals surface area contributed by atoms with Crippen LogP contribution in [-0.2, 0) is 11.2 Å². The minimum atomic E-state index is 0. The van der Waals surface area contributed by atoms with Crippen molar-refractivity contribution in [1.82, 2.24) is 10.6 Å². The maximum atomic E-state index is 12.3. The standard InChI is InChI=1S/C17H23BrN2O.ClH/c1-2-15(10-14-4-3-5-16(18)11-14)17(21)20-12-13-6-8-19-9-7-13;/h3-6,11,15,19H,2,7-10,12H2,1H3,(H,20,21);1H. The molecule has 0 radical (unpaired) electrons. The highest BCUT2D eigenvalue weighted by atomic mass is 79.9. The van der Waals surface area contributed by atoms with E-state index < -0.39 is 0 Å². The van der Waals surface area contributed by atoms with Crippen LogP contribution in [0.4, 0.5) is 0 Å². The number of carbonyl (C=O) groups is 1. The lowest BCUT2D eigenvalue weighted by Gasteiger charge is -2.18. The van der Waals surface area contributed by atoms with Gasteiger partial charge in [-0.05, 0) is 43.5 Å². The maximum Gasteiger partial charge on any atom is 0.223 e.